The SMILES string of the molecule is CCCn1c(=O)c2ccc(C(=O)NC3CCCC3)cc2n2c(SCC(=O)c3ccc(C)cc3)nnc12. The van der Waals surface area contributed by atoms with E-state index < -0.39 is 0 Å². The molecular weight excluding hydrogens is 474 g/mol. The number of thioether (sulfide) groups is 1. The number of aryl methyl sites for hydroxylation is 2. The van der Waals surface area contributed by atoms with E-state index in [-0.39, 0.29) is 29.0 Å². The van der Waals surface area contributed by atoms with Crippen LogP contribution in [-0.4, -0.2) is 42.7 Å². The Hall–Kier alpha value is -3.46. The molecule has 0 bridgehead atoms. The van der Waals surface area contributed by atoms with Gasteiger partial charge in [0.25, 0.3) is 11.5 Å². The summed E-state index contributed by atoms with van der Waals surface area (Å²) in [5.41, 5.74) is 2.62. The highest BCUT2D eigenvalue weighted by Gasteiger charge is 2.21. The lowest BCUT2D eigenvalue weighted by atomic mass is 10.1. The van der Waals surface area contributed by atoms with Gasteiger partial charge >= 0.3 is 0 Å². The Balaban J connectivity index is 1.54. The van der Waals surface area contributed by atoms with Crippen molar-refractivity contribution in [1.29, 1.82) is 0 Å². The highest BCUT2D eigenvalue weighted by molar-refractivity contribution is 7.99. The van der Waals surface area contributed by atoms with Crippen LogP contribution in [-0.2, 0) is 6.54 Å². The fraction of sp³-hybridized carbons (Fsp3) is 0.370. The van der Waals surface area contributed by atoms with Crippen LogP contribution >= 0.6 is 11.8 Å². The second kappa shape index (κ2) is 10.3. The molecule has 1 N–H and O–H groups in total. The molecule has 186 valence electrons. The molecular formula is C27H29N5O3S. The number of nitrogens with zero attached hydrogens (tertiary/aromatic N) is 4. The molecule has 5 rings (SSSR count). The minimum absolute atomic E-state index is 0.0143. The van der Waals surface area contributed by atoms with Crippen molar-refractivity contribution in [3.05, 3.63) is 69.5 Å². The van der Waals surface area contributed by atoms with E-state index in [1.165, 1.54) is 11.8 Å². The van der Waals surface area contributed by atoms with Crippen molar-refractivity contribution in [2.45, 2.75) is 63.7 Å². The Kier molecular flexibility index (Phi) is 6.91. The van der Waals surface area contributed by atoms with Crippen molar-refractivity contribution in [2.24, 2.45) is 0 Å². The van der Waals surface area contributed by atoms with Crippen molar-refractivity contribution in [3.63, 3.8) is 0 Å². The van der Waals surface area contributed by atoms with Crippen LogP contribution in [0.5, 0.6) is 0 Å². The van der Waals surface area contributed by atoms with Crippen LogP contribution in [0.15, 0.2) is 52.4 Å². The van der Waals surface area contributed by atoms with E-state index >= 15 is 0 Å². The summed E-state index contributed by atoms with van der Waals surface area (Å²) in [6.45, 7) is 4.47. The van der Waals surface area contributed by atoms with Crippen molar-refractivity contribution in [1.82, 2.24) is 24.5 Å². The molecule has 0 saturated heterocycles. The number of ketones is 1. The largest absolute Gasteiger partial charge is 0.349 e. The van der Waals surface area contributed by atoms with Crippen molar-refractivity contribution in [3.8, 4) is 0 Å². The molecule has 4 aromatic rings. The molecule has 36 heavy (non-hydrogen) atoms. The number of nitrogens with one attached hydrogen (secondary N) is 1. The topological polar surface area (TPSA) is 98.4 Å². The number of fused-ring (bicyclic) bond motifs is 3. The summed E-state index contributed by atoms with van der Waals surface area (Å²) in [4.78, 5) is 39.1. The normalized spacial score (nSPS) is 14.1. The number of hydrogen-bond acceptors (Lipinski definition) is 6. The smallest absolute Gasteiger partial charge is 0.262 e. The van der Waals surface area contributed by atoms with Gasteiger partial charge in [0.15, 0.2) is 10.9 Å². The monoisotopic (exact) mass is 503 g/mol. The van der Waals surface area contributed by atoms with E-state index in [0.29, 0.717) is 39.5 Å². The minimum atomic E-state index is -0.165. The van der Waals surface area contributed by atoms with Gasteiger partial charge in [-0.15, -0.1) is 10.2 Å². The molecule has 1 amide bonds. The fourth-order valence-electron chi connectivity index (χ4n) is 4.73. The van der Waals surface area contributed by atoms with Crippen LogP contribution in [0.1, 0.15) is 65.3 Å². The summed E-state index contributed by atoms with van der Waals surface area (Å²) in [6.07, 6.45) is 5.00. The van der Waals surface area contributed by atoms with E-state index in [1.54, 1.807) is 27.2 Å². The Morgan fingerprint density at radius 1 is 1.06 bits per heavy atom. The number of hydrogen-bond donors (Lipinski definition) is 1. The molecule has 1 aliphatic rings. The average Bonchev–Trinajstić information content (AvgIpc) is 3.55. The summed E-state index contributed by atoms with van der Waals surface area (Å²) < 4.78 is 3.41. The molecule has 1 fully saturated rings. The standard InChI is InChI=1S/C27H29N5O3S/c1-3-14-31-25(35)21-13-12-19(24(34)28-20-6-4-5-7-20)15-22(21)32-26(31)29-30-27(32)36-16-23(33)18-10-8-17(2)9-11-18/h8-13,15,20H,3-7,14,16H2,1-2H3,(H,28,34). The van der Waals surface area contributed by atoms with Crippen LogP contribution in [0, 0.1) is 6.92 Å². The highest BCUT2D eigenvalue weighted by atomic mass is 32.2. The Morgan fingerprint density at radius 3 is 2.50 bits per heavy atom. The van der Waals surface area contributed by atoms with Gasteiger partial charge in [-0.2, -0.15) is 0 Å². The maximum absolute atomic E-state index is 13.3. The van der Waals surface area contributed by atoms with Crippen LogP contribution in [0.2, 0.25) is 0 Å². The van der Waals surface area contributed by atoms with Gasteiger partial charge < -0.3 is 5.32 Å². The van der Waals surface area contributed by atoms with E-state index in [2.05, 4.69) is 15.5 Å². The van der Waals surface area contributed by atoms with Crippen molar-refractivity contribution >= 4 is 40.1 Å². The van der Waals surface area contributed by atoms with Crippen LogP contribution in [0.25, 0.3) is 16.7 Å². The molecule has 0 unspecified atom stereocenters. The van der Waals surface area contributed by atoms with Gasteiger partial charge in [-0.3, -0.25) is 23.4 Å². The van der Waals surface area contributed by atoms with Gasteiger partial charge in [0.1, 0.15) is 0 Å². The summed E-state index contributed by atoms with van der Waals surface area (Å²) in [7, 11) is 0. The van der Waals surface area contributed by atoms with E-state index in [4.69, 9.17) is 0 Å². The third kappa shape index (κ3) is 4.67. The van der Waals surface area contributed by atoms with Crippen LogP contribution < -0.4 is 10.9 Å². The molecule has 1 saturated carbocycles. The predicted octanol–water partition coefficient (Wildman–Crippen LogP) is 4.41. The summed E-state index contributed by atoms with van der Waals surface area (Å²) in [5, 5.41) is 12.7. The Labute approximate surface area is 213 Å². The van der Waals surface area contributed by atoms with Crippen LogP contribution in [0.3, 0.4) is 0 Å². The maximum atomic E-state index is 13.3. The third-order valence-corrected chi connectivity index (χ3v) is 7.61. The fourth-order valence-corrected chi connectivity index (χ4v) is 5.57. The zero-order valence-electron chi connectivity index (χ0n) is 20.5. The molecule has 8 nitrogen and oxygen atoms in total. The zero-order chi connectivity index (χ0) is 25.2. The van der Waals surface area contributed by atoms with Crippen LogP contribution in [0.4, 0.5) is 0 Å². The first-order valence-corrected chi connectivity index (χ1v) is 13.4. The van der Waals surface area contributed by atoms with Crippen molar-refractivity contribution < 1.29 is 9.59 Å². The number of benzene rings is 2. The Morgan fingerprint density at radius 2 is 1.78 bits per heavy atom. The quantitative estimate of drug-likeness (QED) is 0.283. The first-order valence-electron chi connectivity index (χ1n) is 12.4. The van der Waals surface area contributed by atoms with Gasteiger partial charge in [-0.1, -0.05) is 61.4 Å². The Bertz CT molecular complexity index is 1500. The van der Waals surface area contributed by atoms with Gasteiger partial charge in [-0.05, 0) is 44.4 Å². The molecule has 0 aliphatic heterocycles. The van der Waals surface area contributed by atoms with E-state index in [1.807, 2.05) is 38.1 Å². The number of aromatic nitrogens is 4. The second-order valence-electron chi connectivity index (χ2n) is 9.34. The van der Waals surface area contributed by atoms with Gasteiger partial charge in [0, 0.05) is 23.7 Å². The number of carbonyl (C=O) groups excluding carboxylic acids is 2. The van der Waals surface area contributed by atoms with Crippen molar-refractivity contribution in [2.75, 3.05) is 5.75 Å². The lowest BCUT2D eigenvalue weighted by Gasteiger charge is -2.14. The number of amides is 1. The molecule has 2 aromatic carbocycles. The first-order chi connectivity index (χ1) is 17.5. The molecule has 9 heteroatoms. The summed E-state index contributed by atoms with van der Waals surface area (Å²) >= 11 is 1.28. The van der Waals surface area contributed by atoms with E-state index in [9.17, 15) is 14.4 Å². The lowest BCUT2D eigenvalue weighted by Crippen LogP contribution is -2.32. The maximum Gasteiger partial charge on any atom is 0.262 e. The van der Waals surface area contributed by atoms with Gasteiger partial charge in [0.05, 0.1) is 16.7 Å². The average molecular weight is 504 g/mol. The third-order valence-electron chi connectivity index (χ3n) is 6.68. The molecule has 0 spiro atoms. The first kappa shape index (κ1) is 24.2. The van der Waals surface area contributed by atoms with Gasteiger partial charge in [0.2, 0.25) is 5.78 Å². The van der Waals surface area contributed by atoms with E-state index in [0.717, 1.165) is 37.7 Å². The summed E-state index contributed by atoms with van der Waals surface area (Å²) in [6, 6.07) is 12.8. The zero-order valence-corrected chi connectivity index (χ0v) is 21.3. The molecule has 0 radical (unpaired) electrons. The predicted molar refractivity (Wildman–Crippen MR) is 141 cm³/mol. The minimum Gasteiger partial charge on any atom is -0.349 e. The molecule has 0 atom stereocenters. The second-order valence-corrected chi connectivity index (χ2v) is 10.3. The summed E-state index contributed by atoms with van der Waals surface area (Å²) in [5.74, 6) is 0.430. The number of Topliss-reactive ketones (excluding diaryl/α,β-unsaturated/α-hetero) is 1. The lowest BCUT2D eigenvalue weighted by molar-refractivity contribution is 0.0937. The number of rotatable bonds is 8. The highest BCUT2D eigenvalue weighted by Crippen LogP contribution is 2.24. The number of carbonyl (C=O) groups is 2. The molecule has 1 aliphatic carbocycles. The molecule has 2 heterocycles. The van der Waals surface area contributed by atoms with Gasteiger partial charge in [-0.25, -0.2) is 0 Å². The molecule has 2 aromatic heterocycles.